The molecule has 0 aliphatic heterocycles. The third kappa shape index (κ3) is 3.11. The lowest BCUT2D eigenvalue weighted by molar-refractivity contribution is 0.0696. The molecule has 1 aromatic carbocycles. The minimum absolute atomic E-state index is 0.109. The first kappa shape index (κ1) is 14.0. The van der Waals surface area contributed by atoms with Crippen molar-refractivity contribution in [3.05, 3.63) is 39.8 Å². The molecule has 0 amide bonds. The van der Waals surface area contributed by atoms with E-state index in [1.807, 2.05) is 0 Å². The number of rotatable bonds is 4. The Kier molecular flexibility index (Phi) is 3.88. The van der Waals surface area contributed by atoms with Crippen LogP contribution in [0.1, 0.15) is 10.4 Å². The predicted octanol–water partition coefficient (Wildman–Crippen LogP) is 2.40. The summed E-state index contributed by atoms with van der Waals surface area (Å²) in [5, 5.41) is 10.7. The van der Waals surface area contributed by atoms with E-state index in [9.17, 15) is 13.2 Å². The van der Waals surface area contributed by atoms with Gasteiger partial charge >= 0.3 is 5.97 Å². The molecule has 2 rings (SSSR count). The maximum atomic E-state index is 12.1. The first-order valence-corrected chi connectivity index (χ1v) is 8.01. The van der Waals surface area contributed by atoms with Gasteiger partial charge in [0.25, 0.3) is 10.0 Å². The molecular formula is C10H7BrN2O4S2. The Balaban J connectivity index is 2.45. The predicted molar refractivity (Wildman–Crippen MR) is 74.0 cm³/mol. The highest BCUT2D eigenvalue weighted by Gasteiger charge is 2.20. The Labute approximate surface area is 121 Å². The molecule has 0 spiro atoms. The number of sulfonamides is 1. The highest BCUT2D eigenvalue weighted by molar-refractivity contribution is 9.10. The van der Waals surface area contributed by atoms with Crippen molar-refractivity contribution in [2.24, 2.45) is 0 Å². The summed E-state index contributed by atoms with van der Waals surface area (Å²) in [6.07, 6.45) is 1.46. The Morgan fingerprint density at radius 3 is 2.74 bits per heavy atom. The summed E-state index contributed by atoms with van der Waals surface area (Å²) >= 11 is 4.22. The maximum Gasteiger partial charge on any atom is 0.335 e. The summed E-state index contributed by atoms with van der Waals surface area (Å²) in [7, 11) is -3.88. The molecule has 0 aliphatic carbocycles. The number of hydrogen-bond acceptors (Lipinski definition) is 5. The van der Waals surface area contributed by atoms with E-state index >= 15 is 0 Å². The average molecular weight is 363 g/mol. The van der Waals surface area contributed by atoms with Crippen molar-refractivity contribution in [2.75, 3.05) is 4.72 Å². The van der Waals surface area contributed by atoms with Gasteiger partial charge in [0, 0.05) is 16.0 Å². The van der Waals surface area contributed by atoms with Gasteiger partial charge in [-0.05, 0) is 34.1 Å². The molecule has 1 heterocycles. The van der Waals surface area contributed by atoms with E-state index in [-0.39, 0.29) is 20.1 Å². The van der Waals surface area contributed by atoms with E-state index in [0.717, 1.165) is 17.4 Å². The van der Waals surface area contributed by atoms with Gasteiger partial charge in [-0.15, -0.1) is 11.3 Å². The molecule has 0 atom stereocenters. The quantitative estimate of drug-likeness (QED) is 0.870. The van der Waals surface area contributed by atoms with Crippen LogP contribution in [0.25, 0.3) is 0 Å². The Bertz CT molecular complexity index is 713. The molecule has 100 valence electrons. The number of nitrogens with zero attached hydrogens (tertiary/aromatic N) is 1. The number of hydrogen-bond donors (Lipinski definition) is 2. The van der Waals surface area contributed by atoms with Crippen LogP contribution in [0.4, 0.5) is 5.13 Å². The number of aromatic nitrogens is 1. The lowest BCUT2D eigenvalue weighted by Gasteiger charge is -2.08. The van der Waals surface area contributed by atoms with E-state index in [1.165, 1.54) is 18.3 Å². The number of nitrogens with one attached hydrogen (secondary N) is 1. The fraction of sp³-hybridized carbons (Fsp3) is 0. The molecule has 0 fully saturated rings. The van der Waals surface area contributed by atoms with Gasteiger partial charge in [-0.25, -0.2) is 18.2 Å². The standard InChI is InChI=1S/C10H7BrN2O4S2/c11-7-2-1-6(9(14)15)5-8(7)19(16,17)13-10-12-3-4-18-10/h1-5H,(H,12,13)(H,14,15). The van der Waals surface area contributed by atoms with Gasteiger partial charge in [-0.3, -0.25) is 4.72 Å². The smallest absolute Gasteiger partial charge is 0.335 e. The number of benzene rings is 1. The highest BCUT2D eigenvalue weighted by Crippen LogP contribution is 2.26. The number of thiazole rings is 1. The number of carboxylic acids is 1. The van der Waals surface area contributed by atoms with Crippen molar-refractivity contribution in [1.82, 2.24) is 4.98 Å². The van der Waals surface area contributed by atoms with E-state index in [2.05, 4.69) is 25.6 Å². The Hall–Kier alpha value is -1.45. The fourth-order valence-electron chi connectivity index (χ4n) is 1.29. The van der Waals surface area contributed by atoms with Gasteiger partial charge in [0.05, 0.1) is 5.56 Å². The second kappa shape index (κ2) is 5.27. The molecule has 0 unspecified atom stereocenters. The second-order valence-electron chi connectivity index (χ2n) is 3.39. The zero-order valence-electron chi connectivity index (χ0n) is 9.20. The zero-order chi connectivity index (χ0) is 14.0. The third-order valence-corrected chi connectivity index (χ3v) is 5.27. The van der Waals surface area contributed by atoms with Crippen LogP contribution in [0.15, 0.2) is 39.1 Å². The molecule has 6 nitrogen and oxygen atoms in total. The van der Waals surface area contributed by atoms with Crippen molar-refractivity contribution >= 4 is 48.4 Å². The molecule has 0 radical (unpaired) electrons. The first-order valence-electron chi connectivity index (χ1n) is 4.85. The molecule has 19 heavy (non-hydrogen) atoms. The SMILES string of the molecule is O=C(O)c1ccc(Br)c(S(=O)(=O)Nc2nccs2)c1. The van der Waals surface area contributed by atoms with E-state index < -0.39 is 16.0 Å². The number of carbonyl (C=O) groups is 1. The van der Waals surface area contributed by atoms with Crippen LogP contribution in [0.5, 0.6) is 0 Å². The lowest BCUT2D eigenvalue weighted by Crippen LogP contribution is -2.14. The van der Waals surface area contributed by atoms with Crippen molar-refractivity contribution in [3.63, 3.8) is 0 Å². The molecule has 0 aliphatic rings. The fourth-order valence-corrected chi connectivity index (χ4v) is 4.07. The van der Waals surface area contributed by atoms with Gasteiger partial charge < -0.3 is 5.11 Å². The minimum atomic E-state index is -3.88. The van der Waals surface area contributed by atoms with E-state index in [0.29, 0.717) is 0 Å². The molecule has 0 bridgehead atoms. The Morgan fingerprint density at radius 1 is 1.42 bits per heavy atom. The van der Waals surface area contributed by atoms with Crippen molar-refractivity contribution in [3.8, 4) is 0 Å². The maximum absolute atomic E-state index is 12.1. The summed E-state index contributed by atoms with van der Waals surface area (Å²) in [6, 6.07) is 3.77. The van der Waals surface area contributed by atoms with E-state index in [1.54, 1.807) is 5.38 Å². The Morgan fingerprint density at radius 2 is 2.16 bits per heavy atom. The van der Waals surface area contributed by atoms with Crippen molar-refractivity contribution < 1.29 is 18.3 Å². The van der Waals surface area contributed by atoms with Gasteiger partial charge in [-0.2, -0.15) is 0 Å². The molecule has 2 aromatic rings. The van der Waals surface area contributed by atoms with Crippen LogP contribution in [-0.4, -0.2) is 24.5 Å². The first-order chi connectivity index (χ1) is 8.90. The van der Waals surface area contributed by atoms with Crippen LogP contribution < -0.4 is 4.72 Å². The van der Waals surface area contributed by atoms with Crippen LogP contribution in [0.2, 0.25) is 0 Å². The molecule has 0 saturated heterocycles. The summed E-state index contributed by atoms with van der Waals surface area (Å²) in [4.78, 5) is 14.5. The lowest BCUT2D eigenvalue weighted by atomic mass is 10.2. The van der Waals surface area contributed by atoms with Gasteiger partial charge in [0.15, 0.2) is 5.13 Å². The number of carboxylic acid groups (broad SMARTS) is 1. The highest BCUT2D eigenvalue weighted by atomic mass is 79.9. The van der Waals surface area contributed by atoms with Crippen LogP contribution in [-0.2, 0) is 10.0 Å². The van der Waals surface area contributed by atoms with E-state index in [4.69, 9.17) is 5.11 Å². The van der Waals surface area contributed by atoms with Crippen LogP contribution in [0.3, 0.4) is 0 Å². The summed E-state index contributed by atoms with van der Waals surface area (Å²) < 4.78 is 26.8. The third-order valence-electron chi connectivity index (χ3n) is 2.12. The van der Waals surface area contributed by atoms with Crippen LogP contribution in [0, 0.1) is 0 Å². The molecular weight excluding hydrogens is 356 g/mol. The van der Waals surface area contributed by atoms with Crippen molar-refractivity contribution in [2.45, 2.75) is 4.90 Å². The normalized spacial score (nSPS) is 11.2. The minimum Gasteiger partial charge on any atom is -0.478 e. The molecule has 9 heteroatoms. The molecule has 2 N–H and O–H groups in total. The van der Waals surface area contributed by atoms with Crippen molar-refractivity contribution in [1.29, 1.82) is 0 Å². The topological polar surface area (TPSA) is 96.4 Å². The summed E-state index contributed by atoms with van der Waals surface area (Å²) in [5.74, 6) is -1.20. The summed E-state index contributed by atoms with van der Waals surface area (Å²) in [5.41, 5.74) is -0.109. The van der Waals surface area contributed by atoms with Gasteiger partial charge in [0.2, 0.25) is 0 Å². The second-order valence-corrected chi connectivity index (χ2v) is 6.79. The average Bonchev–Trinajstić information content (AvgIpc) is 2.81. The molecule has 1 aromatic heterocycles. The molecule has 0 saturated carbocycles. The number of halogens is 1. The zero-order valence-corrected chi connectivity index (χ0v) is 12.4. The van der Waals surface area contributed by atoms with Crippen LogP contribution >= 0.6 is 27.3 Å². The monoisotopic (exact) mass is 362 g/mol. The largest absolute Gasteiger partial charge is 0.478 e. The van der Waals surface area contributed by atoms with Gasteiger partial charge in [-0.1, -0.05) is 0 Å². The number of anilines is 1. The number of aromatic carboxylic acids is 1. The van der Waals surface area contributed by atoms with Gasteiger partial charge in [0.1, 0.15) is 4.90 Å². The summed E-state index contributed by atoms with van der Waals surface area (Å²) in [6.45, 7) is 0.